The van der Waals surface area contributed by atoms with Gasteiger partial charge in [0.05, 0.1) is 11.2 Å². The molecule has 1 N–H and O–H groups in total. The first-order valence-electron chi connectivity index (χ1n) is 8.35. The number of anilines is 1. The van der Waals surface area contributed by atoms with Crippen molar-refractivity contribution in [1.29, 1.82) is 0 Å². The largest absolute Gasteiger partial charge is 0.368 e. The quantitative estimate of drug-likeness (QED) is 0.929. The third-order valence-electron chi connectivity index (χ3n) is 4.89. The molecule has 0 radical (unpaired) electrons. The van der Waals surface area contributed by atoms with Gasteiger partial charge >= 0.3 is 0 Å². The van der Waals surface area contributed by atoms with Crippen LogP contribution in [-0.2, 0) is 4.74 Å². The summed E-state index contributed by atoms with van der Waals surface area (Å²) in [6, 6.07) is 4.98. The first-order chi connectivity index (χ1) is 10.4. The first-order valence-corrected chi connectivity index (χ1v) is 8.35. The zero-order chi connectivity index (χ0) is 15.8. The highest BCUT2D eigenvalue weighted by Gasteiger charge is 2.46. The van der Waals surface area contributed by atoms with Gasteiger partial charge in [-0.1, -0.05) is 0 Å². The van der Waals surface area contributed by atoms with Gasteiger partial charge in [0.25, 0.3) is 0 Å². The summed E-state index contributed by atoms with van der Waals surface area (Å²) in [4.78, 5) is 2.32. The normalized spacial score (nSPS) is 28.0. The fourth-order valence-corrected chi connectivity index (χ4v) is 3.84. The minimum atomic E-state index is -0.0917. The Bertz CT molecular complexity index is 495. The molecular formula is C17H28N4O. The minimum Gasteiger partial charge on any atom is -0.368 e. The molecule has 0 bridgehead atoms. The lowest BCUT2D eigenvalue weighted by Crippen LogP contribution is -2.51. The van der Waals surface area contributed by atoms with E-state index in [-0.39, 0.29) is 11.2 Å². The lowest BCUT2D eigenvalue weighted by Gasteiger charge is -2.36. The van der Waals surface area contributed by atoms with E-state index in [1.165, 1.54) is 0 Å². The Hall–Kier alpha value is -1.20. The standard InChI is InChI=1S/C17H28N4O/c1-16(2)12-14(17(3,4)22-16)19-13-7-10-21(11-8-13)15-6-5-9-18-20-15/h5-6,9,13-14,19H,7-8,10-12H2,1-4H3. The summed E-state index contributed by atoms with van der Waals surface area (Å²) in [5.41, 5.74) is -0.118. The summed E-state index contributed by atoms with van der Waals surface area (Å²) in [6.45, 7) is 10.9. The predicted molar refractivity (Wildman–Crippen MR) is 88.1 cm³/mol. The van der Waals surface area contributed by atoms with Gasteiger partial charge in [-0.25, -0.2) is 0 Å². The second kappa shape index (κ2) is 5.78. The second-order valence-corrected chi connectivity index (χ2v) is 7.73. The van der Waals surface area contributed by atoms with Crippen LogP contribution in [-0.4, -0.2) is 46.6 Å². The Balaban J connectivity index is 1.54. The van der Waals surface area contributed by atoms with Crippen LogP contribution in [0, 0.1) is 0 Å². The number of ether oxygens (including phenoxy) is 1. The summed E-state index contributed by atoms with van der Waals surface area (Å²) >= 11 is 0. The molecule has 2 saturated heterocycles. The first kappa shape index (κ1) is 15.7. The van der Waals surface area contributed by atoms with Crippen LogP contribution in [0.3, 0.4) is 0 Å². The van der Waals surface area contributed by atoms with Crippen molar-refractivity contribution in [3.05, 3.63) is 18.3 Å². The monoisotopic (exact) mass is 304 g/mol. The van der Waals surface area contributed by atoms with Crippen molar-refractivity contribution in [2.75, 3.05) is 18.0 Å². The van der Waals surface area contributed by atoms with Crippen molar-refractivity contribution in [2.24, 2.45) is 0 Å². The van der Waals surface area contributed by atoms with Gasteiger partial charge in [-0.15, -0.1) is 5.10 Å². The van der Waals surface area contributed by atoms with Crippen LogP contribution in [0.5, 0.6) is 0 Å². The molecular weight excluding hydrogens is 276 g/mol. The van der Waals surface area contributed by atoms with Crippen molar-refractivity contribution >= 4 is 5.82 Å². The lowest BCUT2D eigenvalue weighted by molar-refractivity contribution is -0.0706. The minimum absolute atomic E-state index is 0.0263. The van der Waals surface area contributed by atoms with E-state index < -0.39 is 0 Å². The van der Waals surface area contributed by atoms with Crippen molar-refractivity contribution in [2.45, 2.75) is 70.2 Å². The van der Waals surface area contributed by atoms with E-state index in [4.69, 9.17) is 4.74 Å². The summed E-state index contributed by atoms with van der Waals surface area (Å²) in [6.07, 6.45) is 5.08. The number of hydrogen-bond donors (Lipinski definition) is 1. The van der Waals surface area contributed by atoms with E-state index in [2.05, 4.69) is 48.1 Å². The number of rotatable bonds is 3. The summed E-state index contributed by atoms with van der Waals surface area (Å²) in [5.74, 6) is 0.992. The Morgan fingerprint density at radius 3 is 2.50 bits per heavy atom. The molecule has 0 aromatic carbocycles. The third kappa shape index (κ3) is 3.41. The molecule has 5 nitrogen and oxygen atoms in total. The highest BCUT2D eigenvalue weighted by molar-refractivity contribution is 5.36. The average molecular weight is 304 g/mol. The lowest BCUT2D eigenvalue weighted by atomic mass is 9.92. The molecule has 3 rings (SSSR count). The van der Waals surface area contributed by atoms with E-state index in [1.807, 2.05) is 12.1 Å². The fraction of sp³-hybridized carbons (Fsp3) is 0.765. The van der Waals surface area contributed by atoms with Gasteiger partial charge in [-0.05, 0) is 59.1 Å². The molecule has 2 fully saturated rings. The summed E-state index contributed by atoms with van der Waals surface area (Å²) in [7, 11) is 0. The van der Waals surface area contributed by atoms with E-state index in [1.54, 1.807) is 6.20 Å². The Morgan fingerprint density at radius 2 is 1.95 bits per heavy atom. The molecule has 2 aliphatic heterocycles. The van der Waals surface area contributed by atoms with E-state index in [9.17, 15) is 0 Å². The molecule has 22 heavy (non-hydrogen) atoms. The Morgan fingerprint density at radius 1 is 1.23 bits per heavy atom. The maximum Gasteiger partial charge on any atom is 0.151 e. The van der Waals surface area contributed by atoms with Gasteiger partial charge in [-0.2, -0.15) is 5.10 Å². The topological polar surface area (TPSA) is 50.3 Å². The second-order valence-electron chi connectivity index (χ2n) is 7.73. The van der Waals surface area contributed by atoms with Crippen LogP contribution in [0.25, 0.3) is 0 Å². The molecule has 0 amide bonds. The number of hydrogen-bond acceptors (Lipinski definition) is 5. The maximum atomic E-state index is 6.19. The van der Waals surface area contributed by atoms with Crippen molar-refractivity contribution in [3.8, 4) is 0 Å². The van der Waals surface area contributed by atoms with Gasteiger partial charge in [0.2, 0.25) is 0 Å². The highest BCUT2D eigenvalue weighted by Crippen LogP contribution is 2.37. The molecule has 1 aromatic heterocycles. The van der Waals surface area contributed by atoms with Crippen LogP contribution in [0.1, 0.15) is 47.0 Å². The number of aromatic nitrogens is 2. The van der Waals surface area contributed by atoms with Crippen LogP contribution in [0.4, 0.5) is 5.82 Å². The van der Waals surface area contributed by atoms with Crippen molar-refractivity contribution in [1.82, 2.24) is 15.5 Å². The van der Waals surface area contributed by atoms with Gasteiger partial charge < -0.3 is 15.0 Å². The fourth-order valence-electron chi connectivity index (χ4n) is 3.84. The molecule has 1 aromatic rings. The number of nitrogens with zero attached hydrogens (tertiary/aromatic N) is 3. The Kier molecular flexibility index (Phi) is 4.12. The predicted octanol–water partition coefficient (Wildman–Crippen LogP) is 2.38. The van der Waals surface area contributed by atoms with Crippen molar-refractivity contribution in [3.63, 3.8) is 0 Å². The van der Waals surface area contributed by atoms with Gasteiger partial charge in [-0.3, -0.25) is 0 Å². The number of nitrogens with one attached hydrogen (secondary N) is 1. The van der Waals surface area contributed by atoms with E-state index >= 15 is 0 Å². The highest BCUT2D eigenvalue weighted by atomic mass is 16.5. The van der Waals surface area contributed by atoms with Crippen LogP contribution in [0.2, 0.25) is 0 Å². The van der Waals surface area contributed by atoms with E-state index in [0.29, 0.717) is 12.1 Å². The van der Waals surface area contributed by atoms with Crippen LogP contribution in [0.15, 0.2) is 18.3 Å². The molecule has 2 aliphatic rings. The van der Waals surface area contributed by atoms with E-state index in [0.717, 1.165) is 38.2 Å². The van der Waals surface area contributed by atoms with Gasteiger partial charge in [0.1, 0.15) is 0 Å². The smallest absolute Gasteiger partial charge is 0.151 e. The number of piperidine rings is 1. The summed E-state index contributed by atoms with van der Waals surface area (Å²) in [5, 5.41) is 12.0. The van der Waals surface area contributed by atoms with Gasteiger partial charge in [0, 0.05) is 31.4 Å². The van der Waals surface area contributed by atoms with Crippen LogP contribution < -0.4 is 10.2 Å². The third-order valence-corrected chi connectivity index (χ3v) is 4.89. The Labute approximate surface area is 133 Å². The zero-order valence-electron chi connectivity index (χ0n) is 14.2. The van der Waals surface area contributed by atoms with Gasteiger partial charge in [0.15, 0.2) is 5.82 Å². The molecule has 1 atom stereocenters. The molecule has 0 aliphatic carbocycles. The van der Waals surface area contributed by atoms with Crippen molar-refractivity contribution < 1.29 is 4.74 Å². The average Bonchev–Trinajstić information content (AvgIpc) is 2.68. The molecule has 122 valence electrons. The summed E-state index contributed by atoms with van der Waals surface area (Å²) < 4.78 is 6.19. The maximum absolute atomic E-state index is 6.19. The SMILES string of the molecule is CC1(C)CC(NC2CCN(c3cccnn3)CC2)C(C)(C)O1. The molecule has 5 heteroatoms. The molecule has 3 heterocycles. The molecule has 1 unspecified atom stereocenters. The molecule has 0 saturated carbocycles. The van der Waals surface area contributed by atoms with Crippen LogP contribution >= 0.6 is 0 Å². The zero-order valence-corrected chi connectivity index (χ0v) is 14.2. The molecule has 0 spiro atoms.